The average Bonchev–Trinajstić information content (AvgIpc) is 2.88. The van der Waals surface area contributed by atoms with E-state index in [1.807, 2.05) is 42.5 Å². The molecule has 2 aromatic carbocycles. The van der Waals surface area contributed by atoms with Crippen LogP contribution >= 0.6 is 0 Å². The summed E-state index contributed by atoms with van der Waals surface area (Å²) < 4.78 is 10.3. The average molecular weight is 267 g/mol. The number of primary amides is 1. The van der Waals surface area contributed by atoms with Gasteiger partial charge in [0.25, 0.3) is 0 Å². The number of nitrogens with two attached hydrogens (primary N) is 1. The summed E-state index contributed by atoms with van der Waals surface area (Å²) in [5.41, 5.74) is 7.95. The minimum Gasteiger partial charge on any atom is -0.457 e. The van der Waals surface area contributed by atoms with E-state index >= 15 is 0 Å². The number of carbonyl (C=O) groups excluding carboxylic acids is 1. The fraction of sp³-hybridized carbons (Fsp3) is 0.0625. The largest absolute Gasteiger partial charge is 0.457 e. The molecule has 0 spiro atoms. The van der Waals surface area contributed by atoms with E-state index < -0.39 is 6.09 Å². The van der Waals surface area contributed by atoms with Crippen molar-refractivity contribution in [2.24, 2.45) is 5.73 Å². The third kappa shape index (κ3) is 2.49. The Bertz CT molecular complexity index is 747. The molecule has 0 aliphatic heterocycles. The van der Waals surface area contributed by atoms with Crippen molar-refractivity contribution in [3.05, 3.63) is 60.4 Å². The summed E-state index contributed by atoms with van der Waals surface area (Å²) in [5.74, 6) is 0.573. The van der Waals surface area contributed by atoms with Crippen molar-refractivity contribution in [2.45, 2.75) is 6.61 Å². The van der Waals surface area contributed by atoms with E-state index in [-0.39, 0.29) is 6.61 Å². The molecule has 4 nitrogen and oxygen atoms in total. The van der Waals surface area contributed by atoms with Crippen LogP contribution in [-0.2, 0) is 11.3 Å². The van der Waals surface area contributed by atoms with Gasteiger partial charge in [0.05, 0.1) is 0 Å². The van der Waals surface area contributed by atoms with Gasteiger partial charge in [-0.1, -0.05) is 36.4 Å². The van der Waals surface area contributed by atoms with E-state index in [4.69, 9.17) is 14.9 Å². The van der Waals surface area contributed by atoms with Gasteiger partial charge >= 0.3 is 6.09 Å². The van der Waals surface area contributed by atoms with Crippen LogP contribution in [-0.4, -0.2) is 6.09 Å². The molecule has 0 fully saturated rings. The Morgan fingerprint density at radius 3 is 2.60 bits per heavy atom. The maximum Gasteiger partial charge on any atom is 0.404 e. The third-order valence-electron chi connectivity index (χ3n) is 3.03. The Hall–Kier alpha value is -2.75. The van der Waals surface area contributed by atoms with Gasteiger partial charge in [-0.15, -0.1) is 0 Å². The Kier molecular flexibility index (Phi) is 3.13. The number of carbonyl (C=O) groups is 1. The van der Waals surface area contributed by atoms with Gasteiger partial charge < -0.3 is 14.9 Å². The fourth-order valence-corrected chi connectivity index (χ4v) is 2.12. The lowest BCUT2D eigenvalue weighted by atomic mass is 10.0. The number of hydrogen-bond acceptors (Lipinski definition) is 3. The summed E-state index contributed by atoms with van der Waals surface area (Å²) in [4.78, 5) is 10.6. The topological polar surface area (TPSA) is 65.5 Å². The number of furan rings is 1. The number of benzene rings is 2. The van der Waals surface area contributed by atoms with Gasteiger partial charge in [-0.05, 0) is 29.3 Å². The van der Waals surface area contributed by atoms with E-state index in [0.29, 0.717) is 5.76 Å². The molecular weight excluding hydrogens is 254 g/mol. The molecule has 0 aliphatic rings. The normalized spacial score (nSPS) is 10.6. The lowest BCUT2D eigenvalue weighted by Crippen LogP contribution is -2.12. The molecule has 0 aliphatic carbocycles. The molecule has 0 radical (unpaired) electrons. The monoisotopic (exact) mass is 267 g/mol. The molecule has 20 heavy (non-hydrogen) atoms. The highest BCUT2D eigenvalue weighted by Crippen LogP contribution is 2.26. The van der Waals surface area contributed by atoms with Crippen LogP contribution in [0, 0.1) is 0 Å². The molecule has 1 heterocycles. The first-order valence-electron chi connectivity index (χ1n) is 6.22. The third-order valence-corrected chi connectivity index (χ3v) is 3.03. The van der Waals surface area contributed by atoms with Crippen molar-refractivity contribution in [2.75, 3.05) is 0 Å². The van der Waals surface area contributed by atoms with Gasteiger partial charge in [0.2, 0.25) is 0 Å². The number of hydrogen-bond donors (Lipinski definition) is 1. The Morgan fingerprint density at radius 1 is 1.05 bits per heavy atom. The first-order chi connectivity index (χ1) is 9.72. The van der Waals surface area contributed by atoms with Gasteiger partial charge in [0.1, 0.15) is 11.3 Å². The van der Waals surface area contributed by atoms with Crippen LogP contribution in [0.3, 0.4) is 0 Å². The molecule has 2 N–H and O–H groups in total. The van der Waals surface area contributed by atoms with Crippen molar-refractivity contribution >= 4 is 17.1 Å². The first-order valence-corrected chi connectivity index (χ1v) is 6.22. The SMILES string of the molecule is NC(=O)OCc1cc2cc(-c3ccccc3)ccc2o1. The van der Waals surface area contributed by atoms with Crippen molar-refractivity contribution in [3.63, 3.8) is 0 Å². The second-order valence-electron chi connectivity index (χ2n) is 4.44. The highest BCUT2D eigenvalue weighted by Gasteiger charge is 2.07. The molecule has 0 saturated carbocycles. The highest BCUT2D eigenvalue weighted by atomic mass is 16.6. The van der Waals surface area contributed by atoms with Crippen LogP contribution in [0.1, 0.15) is 5.76 Å². The van der Waals surface area contributed by atoms with Crippen molar-refractivity contribution in [1.29, 1.82) is 0 Å². The summed E-state index contributed by atoms with van der Waals surface area (Å²) in [7, 11) is 0. The number of amides is 1. The molecule has 3 aromatic rings. The molecule has 1 aromatic heterocycles. The van der Waals surface area contributed by atoms with Crippen molar-refractivity contribution < 1.29 is 13.9 Å². The summed E-state index contributed by atoms with van der Waals surface area (Å²) in [6.07, 6.45) is -0.810. The zero-order valence-electron chi connectivity index (χ0n) is 10.7. The van der Waals surface area contributed by atoms with Gasteiger partial charge in [-0.25, -0.2) is 4.79 Å². The predicted molar refractivity (Wildman–Crippen MR) is 76.0 cm³/mol. The molecule has 4 heteroatoms. The van der Waals surface area contributed by atoms with E-state index in [9.17, 15) is 4.79 Å². The molecule has 0 bridgehead atoms. The van der Waals surface area contributed by atoms with E-state index in [1.165, 1.54) is 0 Å². The number of ether oxygens (including phenoxy) is 1. The zero-order valence-corrected chi connectivity index (χ0v) is 10.7. The van der Waals surface area contributed by atoms with Gasteiger partial charge in [-0.3, -0.25) is 0 Å². The Labute approximate surface area is 115 Å². The molecule has 0 unspecified atom stereocenters. The van der Waals surface area contributed by atoms with E-state index in [0.717, 1.165) is 22.1 Å². The lowest BCUT2D eigenvalue weighted by Gasteiger charge is -2.00. The molecule has 3 rings (SSSR count). The van der Waals surface area contributed by atoms with Gasteiger partial charge in [-0.2, -0.15) is 0 Å². The van der Waals surface area contributed by atoms with Crippen LogP contribution in [0.25, 0.3) is 22.1 Å². The molecule has 1 amide bonds. The van der Waals surface area contributed by atoms with Gasteiger partial charge in [0.15, 0.2) is 6.61 Å². The predicted octanol–water partition coefficient (Wildman–Crippen LogP) is 3.70. The maximum absolute atomic E-state index is 10.6. The molecule has 0 atom stereocenters. The van der Waals surface area contributed by atoms with E-state index in [1.54, 1.807) is 0 Å². The smallest absolute Gasteiger partial charge is 0.404 e. The quantitative estimate of drug-likeness (QED) is 0.786. The summed E-state index contributed by atoms with van der Waals surface area (Å²) in [5, 5.41) is 0.967. The second-order valence-corrected chi connectivity index (χ2v) is 4.44. The minimum absolute atomic E-state index is 0.0463. The molecule has 100 valence electrons. The minimum atomic E-state index is -0.810. The Balaban J connectivity index is 1.93. The summed E-state index contributed by atoms with van der Waals surface area (Å²) in [6.45, 7) is 0.0463. The van der Waals surface area contributed by atoms with Crippen molar-refractivity contribution in [3.8, 4) is 11.1 Å². The summed E-state index contributed by atoms with van der Waals surface area (Å²) in [6, 6.07) is 17.9. The second kappa shape index (κ2) is 5.09. The summed E-state index contributed by atoms with van der Waals surface area (Å²) >= 11 is 0. The van der Waals surface area contributed by atoms with Crippen LogP contribution in [0.4, 0.5) is 4.79 Å². The molecular formula is C16H13NO3. The van der Waals surface area contributed by atoms with Crippen LogP contribution in [0.15, 0.2) is 59.0 Å². The Morgan fingerprint density at radius 2 is 1.85 bits per heavy atom. The number of fused-ring (bicyclic) bond motifs is 1. The zero-order chi connectivity index (χ0) is 13.9. The van der Waals surface area contributed by atoms with Crippen LogP contribution < -0.4 is 5.73 Å². The standard InChI is InChI=1S/C16H13NO3/c17-16(18)19-10-14-9-13-8-12(6-7-15(13)20-14)11-4-2-1-3-5-11/h1-9H,10H2,(H2,17,18). The van der Waals surface area contributed by atoms with Crippen molar-refractivity contribution in [1.82, 2.24) is 0 Å². The maximum atomic E-state index is 10.6. The number of rotatable bonds is 3. The lowest BCUT2D eigenvalue weighted by molar-refractivity contribution is 0.142. The highest BCUT2D eigenvalue weighted by molar-refractivity contribution is 5.84. The van der Waals surface area contributed by atoms with E-state index in [2.05, 4.69) is 12.1 Å². The molecule has 0 saturated heterocycles. The van der Waals surface area contributed by atoms with Crippen LogP contribution in [0.5, 0.6) is 0 Å². The first kappa shape index (κ1) is 12.3. The van der Waals surface area contributed by atoms with Gasteiger partial charge in [0, 0.05) is 5.39 Å². The van der Waals surface area contributed by atoms with Crippen LogP contribution in [0.2, 0.25) is 0 Å². The fourth-order valence-electron chi connectivity index (χ4n) is 2.12.